The maximum atomic E-state index is 5.85. The Labute approximate surface area is 127 Å². The summed E-state index contributed by atoms with van der Waals surface area (Å²) in [7, 11) is 2.10. The van der Waals surface area contributed by atoms with Crippen LogP contribution in [0, 0.1) is 17.8 Å². The van der Waals surface area contributed by atoms with Gasteiger partial charge >= 0.3 is 0 Å². The normalized spacial score (nSPS) is 32.0. The molecule has 0 radical (unpaired) electrons. The molecule has 3 atom stereocenters. The Morgan fingerprint density at radius 3 is 2.43 bits per heavy atom. The maximum absolute atomic E-state index is 5.85. The molecule has 0 aromatic heterocycles. The van der Waals surface area contributed by atoms with Gasteiger partial charge in [0.2, 0.25) is 0 Å². The Kier molecular flexibility index (Phi) is 3.54. The number of hydrogen-bond donors (Lipinski definition) is 1. The molecule has 2 fully saturated rings. The fraction of sp³-hybridized carbons (Fsp3) is 0.667. The Bertz CT molecular complexity index is 504. The summed E-state index contributed by atoms with van der Waals surface area (Å²) in [6, 6.07) is 6.98. The highest BCUT2D eigenvalue weighted by Crippen LogP contribution is 2.60. The Morgan fingerprint density at radius 1 is 1.00 bits per heavy atom. The van der Waals surface area contributed by atoms with Gasteiger partial charge in [-0.1, -0.05) is 18.9 Å². The van der Waals surface area contributed by atoms with E-state index < -0.39 is 0 Å². The van der Waals surface area contributed by atoms with Gasteiger partial charge in [0.15, 0.2) is 11.5 Å². The first-order valence-electron chi connectivity index (χ1n) is 8.45. The highest BCUT2D eigenvalue weighted by Gasteiger charge is 2.54. The van der Waals surface area contributed by atoms with Crippen LogP contribution in [0.3, 0.4) is 0 Å². The Morgan fingerprint density at radius 2 is 1.71 bits per heavy atom. The summed E-state index contributed by atoms with van der Waals surface area (Å²) in [4.78, 5) is 0. The van der Waals surface area contributed by atoms with Crippen molar-refractivity contribution in [2.75, 3.05) is 20.3 Å². The van der Waals surface area contributed by atoms with Gasteiger partial charge in [-0.3, -0.25) is 0 Å². The zero-order valence-electron chi connectivity index (χ0n) is 12.8. The molecule has 0 amide bonds. The molecule has 3 nitrogen and oxygen atoms in total. The van der Waals surface area contributed by atoms with E-state index in [1.807, 2.05) is 0 Å². The number of nitrogens with one attached hydrogen (secondary N) is 1. The molecule has 1 heterocycles. The molecule has 4 rings (SSSR count). The van der Waals surface area contributed by atoms with Crippen LogP contribution in [-0.4, -0.2) is 20.3 Å². The van der Waals surface area contributed by atoms with Crippen molar-refractivity contribution in [3.63, 3.8) is 0 Å². The SMILES string of the molecule is CNC(c1ccc2c(c1)OCCCO2)C1C2CCCCC21. The molecule has 114 valence electrons. The number of benzene rings is 1. The fourth-order valence-electron chi connectivity index (χ4n) is 4.50. The standard InChI is InChI=1S/C18H25NO2/c1-19-18(17-13-5-2-3-6-14(13)17)12-7-8-15-16(11-12)21-10-4-9-20-15/h7-8,11,13-14,17-19H,2-6,9-10H2,1H3. The lowest BCUT2D eigenvalue weighted by atomic mass is 9.99. The van der Waals surface area contributed by atoms with Gasteiger partial charge < -0.3 is 14.8 Å². The largest absolute Gasteiger partial charge is 0.490 e. The van der Waals surface area contributed by atoms with E-state index in [-0.39, 0.29) is 0 Å². The minimum Gasteiger partial charge on any atom is -0.490 e. The van der Waals surface area contributed by atoms with Crippen LogP contribution in [0.2, 0.25) is 0 Å². The molecule has 3 aliphatic rings. The molecular weight excluding hydrogens is 262 g/mol. The minimum absolute atomic E-state index is 0.468. The van der Waals surface area contributed by atoms with Crippen molar-refractivity contribution in [1.82, 2.24) is 5.32 Å². The van der Waals surface area contributed by atoms with Gasteiger partial charge in [0.1, 0.15) is 0 Å². The van der Waals surface area contributed by atoms with Gasteiger partial charge in [-0.2, -0.15) is 0 Å². The Balaban J connectivity index is 1.58. The third kappa shape index (κ3) is 2.42. The second-order valence-corrected chi connectivity index (χ2v) is 6.71. The minimum atomic E-state index is 0.468. The molecule has 21 heavy (non-hydrogen) atoms. The van der Waals surface area contributed by atoms with Gasteiger partial charge in [-0.05, 0) is 55.3 Å². The second kappa shape index (κ2) is 5.53. The Hall–Kier alpha value is -1.22. The van der Waals surface area contributed by atoms with Crippen molar-refractivity contribution in [2.45, 2.75) is 38.1 Å². The molecule has 1 aliphatic heterocycles. The van der Waals surface area contributed by atoms with Gasteiger partial charge in [-0.15, -0.1) is 0 Å². The summed E-state index contributed by atoms with van der Waals surface area (Å²) in [5.74, 6) is 4.55. The molecule has 1 aromatic rings. The van der Waals surface area contributed by atoms with Crippen LogP contribution in [0.1, 0.15) is 43.7 Å². The van der Waals surface area contributed by atoms with Crippen LogP contribution in [-0.2, 0) is 0 Å². The van der Waals surface area contributed by atoms with E-state index in [4.69, 9.17) is 9.47 Å². The first-order valence-corrected chi connectivity index (χ1v) is 8.45. The average molecular weight is 287 g/mol. The molecule has 1 aromatic carbocycles. The van der Waals surface area contributed by atoms with E-state index in [9.17, 15) is 0 Å². The number of hydrogen-bond acceptors (Lipinski definition) is 3. The molecule has 1 N–H and O–H groups in total. The van der Waals surface area contributed by atoms with E-state index in [2.05, 4.69) is 30.6 Å². The third-order valence-electron chi connectivity index (χ3n) is 5.55. The molecule has 2 saturated carbocycles. The molecule has 0 bridgehead atoms. The summed E-state index contributed by atoms with van der Waals surface area (Å²) < 4.78 is 11.6. The van der Waals surface area contributed by atoms with Crippen LogP contribution >= 0.6 is 0 Å². The van der Waals surface area contributed by atoms with E-state index in [1.54, 1.807) is 0 Å². The summed E-state index contributed by atoms with van der Waals surface area (Å²) in [6.07, 6.45) is 6.67. The number of rotatable bonds is 3. The zero-order chi connectivity index (χ0) is 14.2. The average Bonchev–Trinajstić information content (AvgIpc) is 3.27. The van der Waals surface area contributed by atoms with Crippen molar-refractivity contribution in [3.8, 4) is 11.5 Å². The molecular formula is C18H25NO2. The quantitative estimate of drug-likeness (QED) is 0.922. The van der Waals surface area contributed by atoms with Crippen LogP contribution < -0.4 is 14.8 Å². The third-order valence-corrected chi connectivity index (χ3v) is 5.55. The summed E-state index contributed by atoms with van der Waals surface area (Å²) >= 11 is 0. The molecule has 0 spiro atoms. The molecule has 3 heteroatoms. The van der Waals surface area contributed by atoms with Gasteiger partial charge in [-0.25, -0.2) is 0 Å². The first-order chi connectivity index (χ1) is 10.4. The number of ether oxygens (including phenoxy) is 2. The van der Waals surface area contributed by atoms with Crippen LogP contribution in [0.4, 0.5) is 0 Å². The van der Waals surface area contributed by atoms with Crippen LogP contribution in [0.5, 0.6) is 11.5 Å². The van der Waals surface area contributed by atoms with Crippen molar-refractivity contribution < 1.29 is 9.47 Å². The molecule has 0 saturated heterocycles. The lowest BCUT2D eigenvalue weighted by Gasteiger charge is -2.19. The molecule has 3 unspecified atom stereocenters. The zero-order valence-corrected chi connectivity index (χ0v) is 12.8. The van der Waals surface area contributed by atoms with Crippen molar-refractivity contribution >= 4 is 0 Å². The van der Waals surface area contributed by atoms with Gasteiger partial charge in [0.05, 0.1) is 13.2 Å². The van der Waals surface area contributed by atoms with Crippen molar-refractivity contribution in [1.29, 1.82) is 0 Å². The first kappa shape index (κ1) is 13.4. The summed E-state index contributed by atoms with van der Waals surface area (Å²) in [6.45, 7) is 1.52. The predicted molar refractivity (Wildman–Crippen MR) is 82.8 cm³/mol. The van der Waals surface area contributed by atoms with E-state index in [0.717, 1.165) is 48.9 Å². The van der Waals surface area contributed by atoms with E-state index >= 15 is 0 Å². The van der Waals surface area contributed by atoms with Crippen LogP contribution in [0.15, 0.2) is 18.2 Å². The molecule has 2 aliphatic carbocycles. The second-order valence-electron chi connectivity index (χ2n) is 6.71. The van der Waals surface area contributed by atoms with Crippen molar-refractivity contribution in [2.24, 2.45) is 17.8 Å². The highest BCUT2D eigenvalue weighted by molar-refractivity contribution is 5.44. The van der Waals surface area contributed by atoms with Crippen molar-refractivity contribution in [3.05, 3.63) is 23.8 Å². The number of fused-ring (bicyclic) bond motifs is 2. The lowest BCUT2D eigenvalue weighted by molar-refractivity contribution is 0.297. The summed E-state index contributed by atoms with van der Waals surface area (Å²) in [5, 5.41) is 3.56. The predicted octanol–water partition coefficient (Wildman–Crippen LogP) is 3.54. The monoisotopic (exact) mass is 287 g/mol. The highest BCUT2D eigenvalue weighted by atomic mass is 16.5. The lowest BCUT2D eigenvalue weighted by Crippen LogP contribution is -2.20. The summed E-state index contributed by atoms with van der Waals surface area (Å²) in [5.41, 5.74) is 1.36. The van der Waals surface area contributed by atoms with E-state index in [1.165, 1.54) is 31.2 Å². The van der Waals surface area contributed by atoms with Gasteiger partial charge in [0, 0.05) is 12.5 Å². The van der Waals surface area contributed by atoms with Gasteiger partial charge in [0.25, 0.3) is 0 Å². The van der Waals surface area contributed by atoms with Crippen LogP contribution in [0.25, 0.3) is 0 Å². The maximum Gasteiger partial charge on any atom is 0.161 e. The smallest absolute Gasteiger partial charge is 0.161 e. The van der Waals surface area contributed by atoms with E-state index in [0.29, 0.717) is 6.04 Å². The topological polar surface area (TPSA) is 30.5 Å². The fourth-order valence-corrected chi connectivity index (χ4v) is 4.50.